The van der Waals surface area contributed by atoms with Gasteiger partial charge in [0.25, 0.3) is 0 Å². The number of phenolic OH excluding ortho intramolecular Hbond substituents is 1. The molecule has 2 heterocycles. The van der Waals surface area contributed by atoms with Crippen LogP contribution in [-0.2, 0) is 10.8 Å². The van der Waals surface area contributed by atoms with E-state index in [1.165, 1.54) is 0 Å². The van der Waals surface area contributed by atoms with Crippen molar-refractivity contribution in [1.29, 1.82) is 0 Å². The largest absolute Gasteiger partial charge is 0.507 e. The number of phenols is 1. The number of aromatic hydroxyl groups is 1. The van der Waals surface area contributed by atoms with E-state index in [-0.39, 0.29) is 51.6 Å². The lowest BCUT2D eigenvalue weighted by Crippen LogP contribution is -2.11. The molecule has 0 aliphatic carbocycles. The van der Waals surface area contributed by atoms with Crippen LogP contribution in [0.2, 0.25) is 0 Å². The number of imidazole rings is 1. The first kappa shape index (κ1) is 36.1. The van der Waals surface area contributed by atoms with Crippen LogP contribution in [0.5, 0.6) is 5.75 Å². The first-order valence-corrected chi connectivity index (χ1v) is 23.2. The Morgan fingerprint density at radius 1 is 0.567 bits per heavy atom. The molecule has 4 heteroatoms. The minimum Gasteiger partial charge on any atom is -0.507 e. The van der Waals surface area contributed by atoms with Gasteiger partial charge in [0.2, 0.25) is 0 Å². The highest BCUT2D eigenvalue weighted by Gasteiger charge is 2.27. The van der Waals surface area contributed by atoms with E-state index in [4.69, 9.17) is 20.9 Å². The molecule has 0 saturated carbocycles. The molecule has 0 amide bonds. The van der Waals surface area contributed by atoms with Crippen LogP contribution in [0.1, 0.15) is 120 Å². The lowest BCUT2D eigenvalue weighted by molar-refractivity contribution is 0.466. The van der Waals surface area contributed by atoms with Crippen molar-refractivity contribution >= 4 is 11.0 Å². The molecule has 336 valence electrons. The Morgan fingerprint density at radius 3 is 1.94 bits per heavy atom. The van der Waals surface area contributed by atoms with E-state index >= 15 is 0 Å². The van der Waals surface area contributed by atoms with Crippen molar-refractivity contribution in [1.82, 2.24) is 14.5 Å². The number of fused-ring (bicyclic) bond motifs is 1. The van der Waals surface area contributed by atoms with Crippen molar-refractivity contribution < 1.29 is 16.1 Å². The number of nitrogens with zero attached hydrogens (tertiary/aromatic N) is 3. The van der Waals surface area contributed by atoms with Gasteiger partial charge in [0, 0.05) is 27.0 Å². The molecule has 0 saturated heterocycles. The van der Waals surface area contributed by atoms with Crippen molar-refractivity contribution in [2.75, 3.05) is 0 Å². The summed E-state index contributed by atoms with van der Waals surface area (Å²) in [5.74, 6) is 0.607. The molecule has 0 unspecified atom stereocenters. The van der Waals surface area contributed by atoms with E-state index in [0.29, 0.717) is 44.9 Å². The first-order chi connectivity index (χ1) is 35.2. The summed E-state index contributed by atoms with van der Waals surface area (Å²) in [6, 6.07) is 39.7. The smallest absolute Gasteiger partial charge is 0.149 e. The second-order valence-corrected chi connectivity index (χ2v) is 20.3. The third kappa shape index (κ3) is 8.86. The molecule has 9 rings (SSSR count). The molecule has 9 aromatic rings. The van der Waals surface area contributed by atoms with E-state index < -0.39 is 25.0 Å². The second-order valence-electron chi connectivity index (χ2n) is 20.3. The zero-order valence-electron chi connectivity index (χ0n) is 48.1. The van der Waals surface area contributed by atoms with Crippen LogP contribution >= 0.6 is 0 Å². The van der Waals surface area contributed by atoms with Gasteiger partial charge in [0.05, 0.1) is 34.8 Å². The van der Waals surface area contributed by atoms with Crippen molar-refractivity contribution in [3.8, 4) is 78.6 Å². The monoisotopic (exact) mass is 886 g/mol. The SMILES string of the molecule is [2H]c1c([2H])c([2H])c(-c2ccnc(-c3cc(-c4cccc5c4nc(-c4cc(C(C)C)cc(C(C)C)c4O)n5-c4cc(C([2H])([2H])[2H])c(-c5ccccc5)cc4-c4ccc(C(C)(C)C)cc4)cc(C(C)(C)C)c3)c2)c([2H])c1[2H]. The summed E-state index contributed by atoms with van der Waals surface area (Å²) < 4.78 is 71.7. The van der Waals surface area contributed by atoms with Crippen LogP contribution in [0.15, 0.2) is 164 Å². The highest BCUT2D eigenvalue weighted by atomic mass is 16.3. The molecule has 1 N–H and O–H groups in total. The third-order valence-corrected chi connectivity index (χ3v) is 12.9. The van der Waals surface area contributed by atoms with Gasteiger partial charge in [-0.15, -0.1) is 0 Å². The normalized spacial score (nSPS) is 14.0. The molecule has 0 fully saturated rings. The lowest BCUT2D eigenvalue weighted by atomic mass is 9.83. The number of para-hydroxylation sites is 1. The Bertz CT molecular complexity index is 3640. The highest BCUT2D eigenvalue weighted by Crippen LogP contribution is 2.46. The maximum atomic E-state index is 12.5. The molecular formula is C63H63N3O. The number of aromatic nitrogens is 3. The van der Waals surface area contributed by atoms with Gasteiger partial charge in [-0.2, -0.15) is 0 Å². The predicted molar refractivity (Wildman–Crippen MR) is 283 cm³/mol. The Hall–Kier alpha value is -7.04. The minimum atomic E-state index is -2.53. The van der Waals surface area contributed by atoms with Gasteiger partial charge in [0.1, 0.15) is 11.6 Å². The number of pyridine rings is 1. The Balaban J connectivity index is 1.39. The highest BCUT2D eigenvalue weighted by molar-refractivity contribution is 5.98. The van der Waals surface area contributed by atoms with Gasteiger partial charge in [-0.1, -0.05) is 178 Å². The zero-order chi connectivity index (χ0) is 54.2. The van der Waals surface area contributed by atoms with E-state index in [1.807, 2.05) is 71.3 Å². The summed E-state index contributed by atoms with van der Waals surface area (Å²) in [5.41, 5.74) is 12.4. The van der Waals surface area contributed by atoms with E-state index in [1.54, 1.807) is 24.4 Å². The summed E-state index contributed by atoms with van der Waals surface area (Å²) in [7, 11) is 0. The molecule has 0 spiro atoms. The van der Waals surface area contributed by atoms with Gasteiger partial charge >= 0.3 is 0 Å². The summed E-state index contributed by atoms with van der Waals surface area (Å²) in [6.07, 6.45) is 1.59. The van der Waals surface area contributed by atoms with Crippen LogP contribution in [-0.4, -0.2) is 19.6 Å². The van der Waals surface area contributed by atoms with Crippen molar-refractivity contribution in [2.24, 2.45) is 0 Å². The van der Waals surface area contributed by atoms with Crippen LogP contribution in [0.3, 0.4) is 0 Å². The molecule has 0 radical (unpaired) electrons. The number of hydrogen-bond donors (Lipinski definition) is 1. The second kappa shape index (κ2) is 17.6. The molecule has 2 aromatic heterocycles. The van der Waals surface area contributed by atoms with Gasteiger partial charge in [-0.05, 0) is 139 Å². The number of aryl methyl sites for hydroxylation is 1. The van der Waals surface area contributed by atoms with Crippen LogP contribution in [0.25, 0.3) is 83.9 Å². The van der Waals surface area contributed by atoms with Gasteiger partial charge < -0.3 is 5.11 Å². The van der Waals surface area contributed by atoms with Gasteiger partial charge in [-0.25, -0.2) is 4.98 Å². The van der Waals surface area contributed by atoms with Crippen LogP contribution in [0, 0.1) is 6.85 Å². The van der Waals surface area contributed by atoms with Crippen LogP contribution in [0.4, 0.5) is 0 Å². The minimum absolute atomic E-state index is 0.0359. The number of hydrogen-bond acceptors (Lipinski definition) is 3. The average Bonchev–Trinajstić information content (AvgIpc) is 3.76. The fourth-order valence-corrected chi connectivity index (χ4v) is 8.89. The molecule has 0 aliphatic rings. The Kier molecular flexibility index (Phi) is 9.51. The van der Waals surface area contributed by atoms with Gasteiger partial charge in [-0.3, -0.25) is 9.55 Å². The van der Waals surface area contributed by atoms with Crippen molar-refractivity contribution in [3.05, 3.63) is 192 Å². The molecule has 67 heavy (non-hydrogen) atoms. The molecule has 0 bridgehead atoms. The molecule has 0 atom stereocenters. The maximum Gasteiger partial charge on any atom is 0.149 e. The molecule has 4 nitrogen and oxygen atoms in total. The maximum absolute atomic E-state index is 12.5. The lowest BCUT2D eigenvalue weighted by Gasteiger charge is -2.22. The number of rotatable bonds is 9. The van der Waals surface area contributed by atoms with E-state index in [2.05, 4.69) is 112 Å². The quantitative estimate of drug-likeness (QED) is 0.157. The Morgan fingerprint density at radius 2 is 1.27 bits per heavy atom. The Labute approximate surface area is 409 Å². The van der Waals surface area contributed by atoms with E-state index in [0.717, 1.165) is 55.6 Å². The summed E-state index contributed by atoms with van der Waals surface area (Å²) in [6.45, 7) is 18.8. The molecular weight excluding hydrogens is 815 g/mol. The standard InChI is InChI=1S/C63H63N3O/c1-39(2)46-35-52(40(3)4)60(67)55(36-46)61-65-59-51(47-32-48(34-50(33-47)63(9,10)11)56-37-45(29-30-64-56)42-19-14-12-15-20-42)23-18-24-57(59)66(61)58-31-41(5)53(43-21-16-13-17-22-43)38-54(58)44-25-27-49(28-26-44)62(6,7)8/h12-40,67H,1-11H3/i5D3,12D,14D,15D,19D,20D. The number of benzene rings is 7. The molecule has 0 aliphatic heterocycles. The zero-order valence-corrected chi connectivity index (χ0v) is 40.1. The fraction of sp³-hybridized carbons (Fsp3) is 0.238. The average molecular weight is 886 g/mol. The van der Waals surface area contributed by atoms with Crippen molar-refractivity contribution in [3.63, 3.8) is 0 Å². The predicted octanol–water partition coefficient (Wildman–Crippen LogP) is 17.3. The summed E-state index contributed by atoms with van der Waals surface area (Å²) in [5, 5.41) is 12.5. The van der Waals surface area contributed by atoms with Crippen molar-refractivity contribution in [2.45, 2.75) is 98.8 Å². The van der Waals surface area contributed by atoms with Gasteiger partial charge in [0.15, 0.2) is 0 Å². The fourth-order valence-electron chi connectivity index (χ4n) is 8.89. The topological polar surface area (TPSA) is 50.9 Å². The van der Waals surface area contributed by atoms with Crippen LogP contribution < -0.4 is 0 Å². The van der Waals surface area contributed by atoms with E-state index in [9.17, 15) is 5.11 Å². The summed E-state index contributed by atoms with van der Waals surface area (Å²) in [4.78, 5) is 10.4. The molecule has 7 aromatic carbocycles. The summed E-state index contributed by atoms with van der Waals surface area (Å²) >= 11 is 0. The first-order valence-electron chi connectivity index (χ1n) is 27.2. The third-order valence-electron chi connectivity index (χ3n) is 12.9.